The lowest BCUT2D eigenvalue weighted by Crippen LogP contribution is -2.34. The fourth-order valence-electron chi connectivity index (χ4n) is 3.06. The van der Waals surface area contributed by atoms with Crippen molar-refractivity contribution in [1.29, 1.82) is 5.26 Å². The van der Waals surface area contributed by atoms with Gasteiger partial charge >= 0.3 is 0 Å². The fraction of sp³-hybridized carbons (Fsp3) is 0.120. The highest BCUT2D eigenvalue weighted by Gasteiger charge is 2.15. The van der Waals surface area contributed by atoms with Crippen LogP contribution in [0.15, 0.2) is 85.5 Å². The second kappa shape index (κ2) is 9.94. The van der Waals surface area contributed by atoms with Gasteiger partial charge in [0.1, 0.15) is 12.4 Å². The zero-order valence-corrected chi connectivity index (χ0v) is 16.4. The summed E-state index contributed by atoms with van der Waals surface area (Å²) in [6.45, 7) is 4.20. The highest BCUT2D eigenvalue weighted by atomic mass is 16.5. The molecule has 0 bridgehead atoms. The van der Waals surface area contributed by atoms with E-state index in [9.17, 15) is 9.90 Å². The molecule has 0 saturated heterocycles. The van der Waals surface area contributed by atoms with Crippen molar-refractivity contribution in [1.82, 2.24) is 0 Å². The quantitative estimate of drug-likeness (QED) is 0.556. The summed E-state index contributed by atoms with van der Waals surface area (Å²) in [4.78, 5) is 11.8. The second-order valence-corrected chi connectivity index (χ2v) is 6.72. The normalized spacial score (nSPS) is 11.2. The number of aliphatic carboxylic acids is 1. The Hall–Kier alpha value is -4.04. The molecule has 30 heavy (non-hydrogen) atoms. The van der Waals surface area contributed by atoms with Gasteiger partial charge in [0.15, 0.2) is 0 Å². The maximum Gasteiger partial charge on any atom is 0.123 e. The molecule has 0 saturated carbocycles. The number of rotatable bonds is 9. The number of nitrogens with zero attached hydrogens (tertiary/aromatic N) is 1. The predicted octanol–water partition coefficient (Wildman–Crippen LogP) is 3.77. The maximum absolute atomic E-state index is 11.8. The SMILES string of the molecule is C=CCc1cc(C(Nc2ccc(C#N)cc2)C(=O)[O-])ccc1OCc1ccccc1. The van der Waals surface area contributed by atoms with Gasteiger partial charge in [0.25, 0.3) is 0 Å². The van der Waals surface area contributed by atoms with Gasteiger partial charge in [-0.2, -0.15) is 5.26 Å². The Morgan fingerprint density at radius 3 is 2.50 bits per heavy atom. The minimum Gasteiger partial charge on any atom is -0.548 e. The molecule has 0 heterocycles. The molecule has 0 spiro atoms. The van der Waals surface area contributed by atoms with Crippen LogP contribution in [-0.4, -0.2) is 5.97 Å². The number of hydrogen-bond donors (Lipinski definition) is 1. The van der Waals surface area contributed by atoms with E-state index in [-0.39, 0.29) is 0 Å². The van der Waals surface area contributed by atoms with Gasteiger partial charge < -0.3 is 20.0 Å². The summed E-state index contributed by atoms with van der Waals surface area (Å²) in [7, 11) is 0. The summed E-state index contributed by atoms with van der Waals surface area (Å²) in [6, 6.07) is 22.6. The number of ether oxygens (including phenoxy) is 1. The van der Waals surface area contributed by atoms with Crippen LogP contribution in [0.4, 0.5) is 5.69 Å². The minimum atomic E-state index is -1.25. The van der Waals surface area contributed by atoms with E-state index in [1.807, 2.05) is 36.4 Å². The molecule has 1 unspecified atom stereocenters. The highest BCUT2D eigenvalue weighted by molar-refractivity contribution is 5.77. The lowest BCUT2D eigenvalue weighted by molar-refractivity contribution is -0.307. The van der Waals surface area contributed by atoms with Crippen LogP contribution in [0.2, 0.25) is 0 Å². The number of anilines is 1. The van der Waals surface area contributed by atoms with Gasteiger partial charge in [0, 0.05) is 5.69 Å². The van der Waals surface area contributed by atoms with E-state index in [0.717, 1.165) is 11.1 Å². The Labute approximate surface area is 175 Å². The maximum atomic E-state index is 11.8. The van der Waals surface area contributed by atoms with E-state index in [2.05, 4.69) is 11.9 Å². The van der Waals surface area contributed by atoms with Gasteiger partial charge in [0.2, 0.25) is 0 Å². The molecule has 0 aliphatic carbocycles. The molecule has 0 amide bonds. The molecule has 0 radical (unpaired) electrons. The summed E-state index contributed by atoms with van der Waals surface area (Å²) in [5.41, 5.74) is 3.51. The number of allylic oxidation sites excluding steroid dienone is 1. The Bertz CT molecular complexity index is 1050. The Morgan fingerprint density at radius 1 is 1.13 bits per heavy atom. The summed E-state index contributed by atoms with van der Waals surface area (Å²) in [6.07, 6.45) is 2.28. The molecule has 0 aromatic heterocycles. The number of carboxylic acid groups (broad SMARTS) is 1. The zero-order valence-electron chi connectivity index (χ0n) is 16.4. The number of carbonyl (C=O) groups excluding carboxylic acids is 1. The van der Waals surface area contributed by atoms with Crippen LogP contribution in [0.5, 0.6) is 5.75 Å². The monoisotopic (exact) mass is 397 g/mol. The fourth-order valence-corrected chi connectivity index (χ4v) is 3.06. The first-order chi connectivity index (χ1) is 14.6. The summed E-state index contributed by atoms with van der Waals surface area (Å²) in [5, 5.41) is 23.7. The average Bonchev–Trinajstić information content (AvgIpc) is 2.78. The first kappa shape index (κ1) is 20.7. The molecule has 1 atom stereocenters. The van der Waals surface area contributed by atoms with Crippen molar-refractivity contribution in [2.45, 2.75) is 19.1 Å². The zero-order chi connectivity index (χ0) is 21.3. The Balaban J connectivity index is 1.83. The molecule has 3 rings (SSSR count). The van der Waals surface area contributed by atoms with Crippen molar-refractivity contribution in [3.8, 4) is 11.8 Å². The number of nitriles is 1. The molecular formula is C25H21N2O3-. The molecular weight excluding hydrogens is 376 g/mol. The predicted molar refractivity (Wildman–Crippen MR) is 114 cm³/mol. The molecule has 0 aliphatic rings. The highest BCUT2D eigenvalue weighted by Crippen LogP contribution is 2.27. The first-order valence-electron chi connectivity index (χ1n) is 9.48. The van der Waals surface area contributed by atoms with Crippen LogP contribution >= 0.6 is 0 Å². The van der Waals surface area contributed by atoms with Crippen molar-refractivity contribution < 1.29 is 14.6 Å². The molecule has 0 aliphatic heterocycles. The molecule has 5 heteroatoms. The molecule has 3 aromatic rings. The topological polar surface area (TPSA) is 85.2 Å². The van der Waals surface area contributed by atoms with Crippen LogP contribution in [0, 0.1) is 11.3 Å². The van der Waals surface area contributed by atoms with Crippen molar-refractivity contribution in [2.75, 3.05) is 5.32 Å². The van der Waals surface area contributed by atoms with Crippen LogP contribution in [-0.2, 0) is 17.8 Å². The van der Waals surface area contributed by atoms with E-state index in [0.29, 0.717) is 35.6 Å². The van der Waals surface area contributed by atoms with Gasteiger partial charge in [-0.05, 0) is 59.5 Å². The van der Waals surface area contributed by atoms with E-state index >= 15 is 0 Å². The third-order valence-corrected chi connectivity index (χ3v) is 4.58. The van der Waals surface area contributed by atoms with Crippen molar-refractivity contribution in [2.24, 2.45) is 0 Å². The van der Waals surface area contributed by atoms with Gasteiger partial charge in [-0.25, -0.2) is 0 Å². The smallest absolute Gasteiger partial charge is 0.123 e. The average molecular weight is 397 g/mol. The number of nitrogens with one attached hydrogen (secondary N) is 1. The summed E-state index contributed by atoms with van der Waals surface area (Å²) in [5.74, 6) is -0.570. The van der Waals surface area contributed by atoms with Gasteiger partial charge in [-0.1, -0.05) is 42.5 Å². The van der Waals surface area contributed by atoms with Gasteiger partial charge in [-0.15, -0.1) is 6.58 Å². The van der Waals surface area contributed by atoms with Crippen molar-refractivity contribution in [3.63, 3.8) is 0 Å². The number of carboxylic acids is 1. The third-order valence-electron chi connectivity index (χ3n) is 4.58. The third kappa shape index (κ3) is 5.27. The van der Waals surface area contributed by atoms with E-state index in [1.54, 1.807) is 48.5 Å². The van der Waals surface area contributed by atoms with Crippen molar-refractivity contribution >= 4 is 11.7 Å². The number of carbonyl (C=O) groups is 1. The first-order valence-corrected chi connectivity index (χ1v) is 9.48. The van der Waals surface area contributed by atoms with Crippen LogP contribution in [0.1, 0.15) is 28.3 Å². The lowest BCUT2D eigenvalue weighted by atomic mass is 10.0. The van der Waals surface area contributed by atoms with E-state index in [4.69, 9.17) is 10.00 Å². The summed E-state index contributed by atoms with van der Waals surface area (Å²) < 4.78 is 5.95. The lowest BCUT2D eigenvalue weighted by Gasteiger charge is -2.23. The van der Waals surface area contributed by atoms with Gasteiger partial charge in [-0.3, -0.25) is 0 Å². The number of hydrogen-bond acceptors (Lipinski definition) is 5. The molecule has 3 aromatic carbocycles. The van der Waals surface area contributed by atoms with E-state index in [1.165, 1.54) is 0 Å². The Morgan fingerprint density at radius 2 is 1.87 bits per heavy atom. The van der Waals surface area contributed by atoms with Crippen LogP contribution in [0.3, 0.4) is 0 Å². The van der Waals surface area contributed by atoms with Crippen molar-refractivity contribution in [3.05, 3.63) is 108 Å². The van der Waals surface area contributed by atoms with E-state index < -0.39 is 12.0 Å². The molecule has 1 N–H and O–H groups in total. The Kier molecular flexibility index (Phi) is 6.86. The summed E-state index contributed by atoms with van der Waals surface area (Å²) >= 11 is 0. The molecule has 5 nitrogen and oxygen atoms in total. The standard InChI is InChI=1S/C25H22N2O3/c1-2-6-20-15-21(11-14-23(20)30-17-19-7-4-3-5-8-19)24(25(28)29)27-22-12-9-18(16-26)10-13-22/h2-5,7-15,24,27H,1,6,17H2,(H,28,29)/p-1. The van der Waals surface area contributed by atoms with Crippen LogP contribution in [0.25, 0.3) is 0 Å². The minimum absolute atomic E-state index is 0.414. The number of benzene rings is 3. The second-order valence-electron chi connectivity index (χ2n) is 6.72. The largest absolute Gasteiger partial charge is 0.548 e. The molecule has 0 fully saturated rings. The van der Waals surface area contributed by atoms with Crippen LogP contribution < -0.4 is 15.2 Å². The van der Waals surface area contributed by atoms with Gasteiger partial charge in [0.05, 0.1) is 23.6 Å². The molecule has 150 valence electrons.